The molecule has 0 amide bonds. The van der Waals surface area contributed by atoms with Crippen LogP contribution in [0.5, 0.6) is 11.5 Å². The number of nitro groups is 1. The molecule has 0 atom stereocenters. The Balaban J connectivity index is 2.16. The van der Waals surface area contributed by atoms with Gasteiger partial charge < -0.3 is 19.5 Å². The molecule has 200 valence electrons. The van der Waals surface area contributed by atoms with E-state index in [0.717, 1.165) is 44.9 Å². The van der Waals surface area contributed by atoms with Crippen LogP contribution in [0, 0.1) is 37.8 Å². The van der Waals surface area contributed by atoms with Crippen LogP contribution in [0.1, 0.15) is 51.9 Å². The molecule has 0 fully saturated rings. The number of hydrogen-bond acceptors (Lipinski definition) is 7. The monoisotopic (exact) mass is 518 g/mol. The average molecular weight is 519 g/mol. The predicted octanol–water partition coefficient (Wildman–Crippen LogP) is 6.13. The lowest BCUT2D eigenvalue weighted by molar-refractivity contribution is -0.384. The van der Waals surface area contributed by atoms with Crippen molar-refractivity contribution < 1.29 is 23.9 Å². The van der Waals surface area contributed by atoms with Gasteiger partial charge in [-0.15, -0.1) is 0 Å². The van der Waals surface area contributed by atoms with Gasteiger partial charge in [-0.05, 0) is 110 Å². The number of nitrogens with zero attached hydrogens (tertiary/aromatic N) is 1. The third-order valence-electron chi connectivity index (χ3n) is 6.32. The number of nitro benzene ring substituents is 1. The van der Waals surface area contributed by atoms with Crippen molar-refractivity contribution in [3.63, 3.8) is 0 Å². The summed E-state index contributed by atoms with van der Waals surface area (Å²) < 4.78 is 16.4. The number of rotatable bonds is 10. The minimum atomic E-state index is -0.531. The quantitative estimate of drug-likeness (QED) is 0.149. The number of hydrogen-bond donors (Lipinski definition) is 1. The summed E-state index contributed by atoms with van der Waals surface area (Å²) in [6, 6.07) is 13.7. The second-order valence-corrected chi connectivity index (χ2v) is 9.06. The molecule has 38 heavy (non-hydrogen) atoms. The maximum absolute atomic E-state index is 12.9. The Morgan fingerprint density at radius 2 is 1.34 bits per heavy atom. The van der Waals surface area contributed by atoms with E-state index in [1.165, 1.54) is 12.1 Å². The molecule has 8 heteroatoms. The number of esters is 1. The molecule has 0 bridgehead atoms. The van der Waals surface area contributed by atoms with Gasteiger partial charge in [0.05, 0.1) is 37.4 Å². The normalized spacial score (nSPS) is 11.3. The summed E-state index contributed by atoms with van der Waals surface area (Å²) in [4.78, 5) is 23.6. The fourth-order valence-corrected chi connectivity index (χ4v) is 4.73. The molecular formula is C30H34N2O6. The highest BCUT2D eigenvalue weighted by atomic mass is 16.6. The van der Waals surface area contributed by atoms with E-state index in [9.17, 15) is 14.9 Å². The Hall–Kier alpha value is -4.33. The lowest BCUT2D eigenvalue weighted by atomic mass is 9.92. The molecule has 8 nitrogen and oxygen atoms in total. The van der Waals surface area contributed by atoms with Gasteiger partial charge in [0.1, 0.15) is 11.5 Å². The summed E-state index contributed by atoms with van der Waals surface area (Å²) in [6.45, 7) is 9.90. The second kappa shape index (κ2) is 12.3. The summed E-state index contributed by atoms with van der Waals surface area (Å²) in [5.41, 5.74) is 6.61. The minimum absolute atomic E-state index is 0.0591. The van der Waals surface area contributed by atoms with Crippen molar-refractivity contribution in [1.82, 2.24) is 5.32 Å². The zero-order valence-corrected chi connectivity index (χ0v) is 22.9. The van der Waals surface area contributed by atoms with Crippen LogP contribution in [0.25, 0.3) is 5.57 Å². The molecule has 3 rings (SSSR count). The highest BCUT2D eigenvalue weighted by Gasteiger charge is 2.21. The third kappa shape index (κ3) is 6.14. The van der Waals surface area contributed by atoms with Gasteiger partial charge in [0, 0.05) is 18.3 Å². The molecule has 3 aromatic rings. The summed E-state index contributed by atoms with van der Waals surface area (Å²) in [5, 5.41) is 14.6. The van der Waals surface area contributed by atoms with Gasteiger partial charge in [-0.25, -0.2) is 4.79 Å². The maximum atomic E-state index is 12.9. The first-order chi connectivity index (χ1) is 18.1. The molecular weight excluding hydrogens is 484 g/mol. The molecule has 0 aliphatic rings. The van der Waals surface area contributed by atoms with Crippen LogP contribution in [0.3, 0.4) is 0 Å². The number of benzene rings is 3. The SMILES string of the molecule is CCOC(=O)/C(=C/NC(c1cc(C)c(OC)c(C)c1)c1cc(C)c(OC)c(C)c1)c1ccc([N+](=O)[O-])cc1. The Morgan fingerprint density at radius 1 is 0.895 bits per heavy atom. The Morgan fingerprint density at radius 3 is 1.71 bits per heavy atom. The Bertz CT molecular complexity index is 1260. The lowest BCUT2D eigenvalue weighted by Crippen LogP contribution is -2.20. The van der Waals surface area contributed by atoms with Crippen LogP contribution in [0.4, 0.5) is 5.69 Å². The van der Waals surface area contributed by atoms with Crippen molar-refractivity contribution in [2.45, 2.75) is 40.7 Å². The molecule has 0 heterocycles. The van der Waals surface area contributed by atoms with E-state index in [0.29, 0.717) is 5.56 Å². The van der Waals surface area contributed by atoms with Gasteiger partial charge in [0.2, 0.25) is 0 Å². The van der Waals surface area contributed by atoms with E-state index >= 15 is 0 Å². The van der Waals surface area contributed by atoms with Crippen LogP contribution >= 0.6 is 0 Å². The molecule has 0 spiro atoms. The molecule has 0 aromatic heterocycles. The second-order valence-electron chi connectivity index (χ2n) is 9.06. The van der Waals surface area contributed by atoms with Gasteiger partial charge in [0.25, 0.3) is 5.69 Å². The van der Waals surface area contributed by atoms with E-state index in [1.54, 1.807) is 39.5 Å². The number of non-ortho nitro benzene ring substituents is 1. The zero-order valence-electron chi connectivity index (χ0n) is 22.9. The number of carbonyl (C=O) groups is 1. The van der Waals surface area contributed by atoms with Crippen molar-refractivity contribution in [2.24, 2.45) is 0 Å². The number of carbonyl (C=O) groups excluding carboxylic acids is 1. The molecule has 0 aliphatic heterocycles. The summed E-state index contributed by atoms with van der Waals surface area (Å²) >= 11 is 0. The fourth-order valence-electron chi connectivity index (χ4n) is 4.73. The van der Waals surface area contributed by atoms with E-state index in [2.05, 4.69) is 29.6 Å². The van der Waals surface area contributed by atoms with Crippen molar-refractivity contribution in [2.75, 3.05) is 20.8 Å². The molecule has 0 saturated heterocycles. The van der Waals surface area contributed by atoms with E-state index in [1.807, 2.05) is 27.7 Å². The van der Waals surface area contributed by atoms with Crippen molar-refractivity contribution in [3.05, 3.63) is 104 Å². The molecule has 0 aliphatic carbocycles. The molecule has 0 radical (unpaired) electrons. The first-order valence-electron chi connectivity index (χ1n) is 12.3. The minimum Gasteiger partial charge on any atom is -0.496 e. The lowest BCUT2D eigenvalue weighted by Gasteiger charge is -2.23. The van der Waals surface area contributed by atoms with Crippen LogP contribution in [-0.2, 0) is 9.53 Å². The van der Waals surface area contributed by atoms with Crippen molar-refractivity contribution >= 4 is 17.2 Å². The van der Waals surface area contributed by atoms with Crippen LogP contribution in [0.2, 0.25) is 0 Å². The van der Waals surface area contributed by atoms with E-state index in [4.69, 9.17) is 14.2 Å². The first kappa shape index (κ1) is 28.2. The fraction of sp³-hybridized carbons (Fsp3) is 0.300. The van der Waals surface area contributed by atoms with Crippen LogP contribution in [-0.4, -0.2) is 31.7 Å². The zero-order chi connectivity index (χ0) is 28.0. The smallest absolute Gasteiger partial charge is 0.340 e. The Labute approximate surface area is 223 Å². The van der Waals surface area contributed by atoms with Gasteiger partial charge in [-0.2, -0.15) is 0 Å². The number of methoxy groups -OCH3 is 2. The molecule has 3 aromatic carbocycles. The van der Waals surface area contributed by atoms with Gasteiger partial charge in [-0.3, -0.25) is 10.1 Å². The van der Waals surface area contributed by atoms with E-state index < -0.39 is 10.9 Å². The van der Waals surface area contributed by atoms with Crippen LogP contribution < -0.4 is 14.8 Å². The molecule has 0 saturated carbocycles. The summed E-state index contributed by atoms with van der Waals surface area (Å²) in [6.07, 6.45) is 1.62. The van der Waals surface area contributed by atoms with Gasteiger partial charge in [0.15, 0.2) is 0 Å². The first-order valence-corrected chi connectivity index (χ1v) is 12.3. The summed E-state index contributed by atoms with van der Waals surface area (Å²) in [5.74, 6) is 1.11. The molecule has 0 unspecified atom stereocenters. The van der Waals surface area contributed by atoms with E-state index in [-0.39, 0.29) is 23.9 Å². The Kier molecular flexibility index (Phi) is 9.12. The topological polar surface area (TPSA) is 99.9 Å². The number of nitrogens with one attached hydrogen (secondary N) is 1. The largest absolute Gasteiger partial charge is 0.496 e. The third-order valence-corrected chi connectivity index (χ3v) is 6.32. The standard InChI is InChI=1S/C30H34N2O6/c1-8-38-30(33)26(22-9-11-25(12-10-22)32(34)35)17-31-27(23-13-18(2)28(36-6)19(3)14-23)24-15-20(4)29(37-7)21(5)16-24/h9-17,27,31H,8H2,1-7H3/b26-17+. The van der Waals surface area contributed by atoms with Crippen molar-refractivity contribution in [3.8, 4) is 11.5 Å². The van der Waals surface area contributed by atoms with Crippen LogP contribution in [0.15, 0.2) is 54.7 Å². The summed E-state index contributed by atoms with van der Waals surface area (Å²) in [7, 11) is 3.30. The van der Waals surface area contributed by atoms with Gasteiger partial charge >= 0.3 is 5.97 Å². The van der Waals surface area contributed by atoms with Gasteiger partial charge in [-0.1, -0.05) is 0 Å². The van der Waals surface area contributed by atoms with Crippen molar-refractivity contribution in [1.29, 1.82) is 0 Å². The highest BCUT2D eigenvalue weighted by molar-refractivity contribution is 6.16. The number of ether oxygens (including phenoxy) is 3. The molecule has 1 N–H and O–H groups in total. The number of aryl methyl sites for hydroxylation is 4. The maximum Gasteiger partial charge on any atom is 0.340 e. The predicted molar refractivity (Wildman–Crippen MR) is 148 cm³/mol. The highest BCUT2D eigenvalue weighted by Crippen LogP contribution is 2.34. The average Bonchev–Trinajstić information content (AvgIpc) is 2.86.